The van der Waals surface area contributed by atoms with Crippen LogP contribution in [0.3, 0.4) is 0 Å². The van der Waals surface area contributed by atoms with Gasteiger partial charge in [-0.15, -0.1) is 0 Å². The number of aromatic amines is 2. The van der Waals surface area contributed by atoms with E-state index in [9.17, 15) is 21.6 Å². The summed E-state index contributed by atoms with van der Waals surface area (Å²) in [6.07, 6.45) is 8.18. The molecule has 2 fully saturated rings. The van der Waals surface area contributed by atoms with E-state index in [2.05, 4.69) is 96.8 Å². The van der Waals surface area contributed by atoms with Gasteiger partial charge in [0, 0.05) is 24.0 Å². The third-order valence-electron chi connectivity index (χ3n) is 9.92. The molecule has 2 aliphatic rings. The highest BCUT2D eigenvalue weighted by Crippen LogP contribution is 2.35. The number of H-pyrrole nitrogens is 2. The van der Waals surface area contributed by atoms with Crippen LogP contribution >= 0.6 is 0 Å². The fourth-order valence-corrected chi connectivity index (χ4v) is 7.41. The zero-order valence-corrected chi connectivity index (χ0v) is 28.7. The molecule has 262 valence electrons. The number of hydrogen-bond acceptors (Lipinski definition) is 7. The van der Waals surface area contributed by atoms with Crippen molar-refractivity contribution in [1.29, 1.82) is 0 Å². The average molecular weight is 705 g/mol. The number of pyridine rings is 2. The largest absolute Gasteiger partial charge is 0.534 e. The molecule has 0 radical (unpaired) electrons. The smallest absolute Gasteiger partial charge is 0.360 e. The van der Waals surface area contributed by atoms with Gasteiger partial charge in [0.1, 0.15) is 0 Å². The van der Waals surface area contributed by atoms with Gasteiger partial charge in [0.2, 0.25) is 5.88 Å². The van der Waals surface area contributed by atoms with E-state index in [4.69, 9.17) is 4.98 Å². The molecule has 8 rings (SSSR count). The van der Waals surface area contributed by atoms with Crippen LogP contribution in [0.1, 0.15) is 48.6 Å². The Morgan fingerprint density at radius 3 is 1.84 bits per heavy atom. The number of alkyl halides is 3. The van der Waals surface area contributed by atoms with Crippen molar-refractivity contribution in [3.63, 3.8) is 0 Å². The van der Waals surface area contributed by atoms with Crippen LogP contribution < -0.4 is 4.18 Å². The van der Waals surface area contributed by atoms with Gasteiger partial charge in [-0.1, -0.05) is 36.4 Å². The van der Waals surface area contributed by atoms with Crippen LogP contribution in [0.25, 0.3) is 44.1 Å². The van der Waals surface area contributed by atoms with Gasteiger partial charge in [0.15, 0.2) is 0 Å². The molecule has 0 aliphatic carbocycles. The number of nitrogens with one attached hydrogen (secondary N) is 2. The molecule has 0 bridgehead atoms. The fraction of sp³-hybridized carbons (Fsp3) is 0.351. The molecule has 9 nitrogen and oxygen atoms in total. The van der Waals surface area contributed by atoms with E-state index in [1.54, 1.807) is 6.20 Å². The number of benzene rings is 2. The first-order chi connectivity index (χ1) is 23.9. The molecule has 0 unspecified atom stereocenters. The predicted octanol–water partition coefficient (Wildman–Crippen LogP) is 7.79. The maximum atomic E-state index is 12.4. The van der Waals surface area contributed by atoms with Crippen molar-refractivity contribution < 1.29 is 25.8 Å². The van der Waals surface area contributed by atoms with Crippen molar-refractivity contribution in [3.8, 4) is 17.1 Å². The molecule has 6 heterocycles. The first-order valence-corrected chi connectivity index (χ1v) is 18.2. The van der Waals surface area contributed by atoms with E-state index in [0.717, 1.165) is 54.3 Å². The van der Waals surface area contributed by atoms with E-state index >= 15 is 0 Å². The summed E-state index contributed by atoms with van der Waals surface area (Å²) in [6, 6.07) is 22.0. The van der Waals surface area contributed by atoms with Crippen molar-refractivity contribution in [2.24, 2.45) is 0 Å². The second-order valence-electron chi connectivity index (χ2n) is 13.3. The monoisotopic (exact) mass is 704 g/mol. The summed E-state index contributed by atoms with van der Waals surface area (Å²) in [5.41, 5.74) is 2.36. The summed E-state index contributed by atoms with van der Waals surface area (Å²) in [4.78, 5) is 20.1. The molecule has 13 heteroatoms. The summed E-state index contributed by atoms with van der Waals surface area (Å²) in [5.74, 6) is 0.241. The van der Waals surface area contributed by atoms with Crippen molar-refractivity contribution in [1.82, 2.24) is 29.7 Å². The Kier molecular flexibility index (Phi) is 9.31. The van der Waals surface area contributed by atoms with Gasteiger partial charge in [0.25, 0.3) is 0 Å². The van der Waals surface area contributed by atoms with Gasteiger partial charge < -0.3 is 24.0 Å². The number of hydrogen-bond donors (Lipinski definition) is 2. The lowest BCUT2D eigenvalue weighted by Gasteiger charge is -2.28. The lowest BCUT2D eigenvalue weighted by molar-refractivity contribution is -0.0501. The summed E-state index contributed by atoms with van der Waals surface area (Å²) in [6.45, 7) is 4.16. The van der Waals surface area contributed by atoms with Gasteiger partial charge >= 0.3 is 15.6 Å². The predicted molar refractivity (Wildman–Crippen MR) is 190 cm³/mol. The Morgan fingerprint density at radius 2 is 1.26 bits per heavy atom. The molecule has 50 heavy (non-hydrogen) atoms. The van der Waals surface area contributed by atoms with E-state index < -0.39 is 21.5 Å². The molecule has 0 atom stereocenters. The SMILES string of the molecule is CN1CCC(c2c[nH]c3ccc(-c4ccc5ccccc5c4)nc23)CC1.CN1CCC(c2c[nH]c3ccc(OS(=O)(=O)C(F)(F)F)nc23)CC1. The number of rotatable bonds is 5. The number of halogens is 3. The van der Waals surface area contributed by atoms with Crippen LogP contribution in [0.4, 0.5) is 13.2 Å². The van der Waals surface area contributed by atoms with Crippen molar-refractivity contribution in [2.75, 3.05) is 40.3 Å². The van der Waals surface area contributed by atoms with E-state index in [-0.39, 0.29) is 5.92 Å². The molecule has 2 saturated heterocycles. The van der Waals surface area contributed by atoms with Crippen LogP contribution in [0, 0.1) is 0 Å². The standard InChI is InChI=1S/C23H23N3.C14H16F3N3O3S/c1-26-12-10-17(11-13-26)20-15-24-22-9-8-21(25-23(20)22)19-7-6-16-4-2-3-5-18(16)14-19;1-20-6-4-9(5-7-20)10-8-18-11-2-3-12(19-13(10)11)23-24(21,22)14(15,16)17/h2-9,14-15,17,24H,10-13H2,1H3;2-3,8-9,18H,4-7H2,1H3. The number of nitrogens with zero attached hydrogens (tertiary/aromatic N) is 4. The normalized spacial score (nSPS) is 17.3. The Morgan fingerprint density at radius 1 is 0.720 bits per heavy atom. The minimum Gasteiger partial charge on any atom is -0.360 e. The van der Waals surface area contributed by atoms with Crippen LogP contribution in [-0.2, 0) is 10.1 Å². The summed E-state index contributed by atoms with van der Waals surface area (Å²) < 4.78 is 63.6. The molecule has 0 spiro atoms. The van der Waals surface area contributed by atoms with Crippen LogP contribution in [-0.4, -0.2) is 83.9 Å². The average Bonchev–Trinajstić information content (AvgIpc) is 3.72. The highest BCUT2D eigenvalue weighted by molar-refractivity contribution is 7.87. The Labute approximate surface area is 288 Å². The molecule has 2 N–H and O–H groups in total. The molecular formula is C37H39F3N6O3S. The third-order valence-corrected chi connectivity index (χ3v) is 10.9. The number of likely N-dealkylation sites (tertiary alicyclic amines) is 2. The van der Waals surface area contributed by atoms with E-state index in [1.807, 2.05) is 7.05 Å². The highest BCUT2D eigenvalue weighted by atomic mass is 32.2. The van der Waals surface area contributed by atoms with E-state index in [1.165, 1.54) is 53.9 Å². The van der Waals surface area contributed by atoms with Gasteiger partial charge in [-0.25, -0.2) is 9.97 Å². The summed E-state index contributed by atoms with van der Waals surface area (Å²) in [7, 11) is -1.49. The Balaban J connectivity index is 0.000000157. The molecule has 4 aromatic heterocycles. The van der Waals surface area contributed by atoms with E-state index in [0.29, 0.717) is 17.0 Å². The summed E-state index contributed by atoms with van der Waals surface area (Å²) in [5, 5.41) is 2.53. The maximum absolute atomic E-state index is 12.4. The number of fused-ring (bicyclic) bond motifs is 3. The zero-order valence-electron chi connectivity index (χ0n) is 27.9. The quantitative estimate of drug-likeness (QED) is 0.139. The van der Waals surface area contributed by atoms with Gasteiger partial charge in [0.05, 0.1) is 27.8 Å². The van der Waals surface area contributed by atoms with Crippen molar-refractivity contribution in [3.05, 3.63) is 90.3 Å². The van der Waals surface area contributed by atoms with Crippen LogP contribution in [0.5, 0.6) is 5.88 Å². The second-order valence-corrected chi connectivity index (χ2v) is 14.9. The van der Waals surface area contributed by atoms with Gasteiger partial charge in [-0.2, -0.15) is 21.6 Å². The minimum absolute atomic E-state index is 0.219. The zero-order chi connectivity index (χ0) is 35.0. The Hall–Kier alpha value is -4.46. The molecule has 0 amide bonds. The Bertz CT molecular complexity index is 2230. The van der Waals surface area contributed by atoms with Gasteiger partial charge in [-0.3, -0.25) is 0 Å². The molecular weight excluding hydrogens is 666 g/mol. The lowest BCUT2D eigenvalue weighted by Crippen LogP contribution is -2.29. The van der Waals surface area contributed by atoms with Gasteiger partial charge in [-0.05, 0) is 124 Å². The van der Waals surface area contributed by atoms with Crippen molar-refractivity contribution >= 4 is 43.0 Å². The second kappa shape index (κ2) is 13.7. The third kappa shape index (κ3) is 7.07. The van der Waals surface area contributed by atoms with Crippen molar-refractivity contribution in [2.45, 2.75) is 43.0 Å². The first-order valence-electron chi connectivity index (χ1n) is 16.8. The van der Waals surface area contributed by atoms with Crippen LogP contribution in [0.15, 0.2) is 79.1 Å². The molecule has 0 saturated carbocycles. The lowest BCUT2D eigenvalue weighted by atomic mass is 9.90. The molecule has 6 aromatic rings. The maximum Gasteiger partial charge on any atom is 0.534 e. The fourth-order valence-electron chi connectivity index (χ4n) is 7.00. The topological polar surface area (TPSA) is 107 Å². The van der Waals surface area contributed by atoms with Crippen LogP contribution in [0.2, 0.25) is 0 Å². The number of aromatic nitrogens is 4. The first kappa shape index (κ1) is 34.0. The summed E-state index contributed by atoms with van der Waals surface area (Å²) >= 11 is 0. The highest BCUT2D eigenvalue weighted by Gasteiger charge is 2.49. The minimum atomic E-state index is -5.73. The number of piperidine rings is 2. The molecule has 2 aliphatic heterocycles. The molecule has 2 aromatic carbocycles.